The number of rotatable bonds is 4. The highest BCUT2D eigenvalue weighted by molar-refractivity contribution is 5.40. The van der Waals surface area contributed by atoms with Crippen LogP contribution in [-0.4, -0.2) is 12.2 Å². The van der Waals surface area contributed by atoms with E-state index in [1.807, 2.05) is 37.3 Å². The number of hydrogen-bond acceptors (Lipinski definition) is 2. The summed E-state index contributed by atoms with van der Waals surface area (Å²) in [6.45, 7) is 4.10. The molecule has 19 heavy (non-hydrogen) atoms. The number of ether oxygens (including phenoxy) is 1. The van der Waals surface area contributed by atoms with Crippen molar-refractivity contribution in [3.63, 3.8) is 0 Å². The van der Waals surface area contributed by atoms with Gasteiger partial charge in [0, 0.05) is 0 Å². The first kappa shape index (κ1) is 13.6. The first-order chi connectivity index (χ1) is 9.15. The van der Waals surface area contributed by atoms with Crippen LogP contribution in [0.25, 0.3) is 0 Å². The standard InChI is InChI=1S/C17H20O2/c1-4-13-6-5-7-14(10-13)17(18)15-9-8-12(2)16(11-15)19-3/h5-11,17-18H,4H2,1-3H3. The Hall–Kier alpha value is -1.80. The average molecular weight is 256 g/mol. The smallest absolute Gasteiger partial charge is 0.122 e. The van der Waals surface area contributed by atoms with Crippen molar-refractivity contribution >= 4 is 0 Å². The highest BCUT2D eigenvalue weighted by atomic mass is 16.5. The normalized spacial score (nSPS) is 12.2. The van der Waals surface area contributed by atoms with Gasteiger partial charge in [0.2, 0.25) is 0 Å². The molecular weight excluding hydrogens is 236 g/mol. The predicted molar refractivity (Wildman–Crippen MR) is 77.6 cm³/mol. The van der Waals surface area contributed by atoms with Crippen LogP contribution in [0, 0.1) is 6.92 Å². The van der Waals surface area contributed by atoms with Crippen LogP contribution in [0.2, 0.25) is 0 Å². The van der Waals surface area contributed by atoms with Crippen molar-refractivity contribution in [2.75, 3.05) is 7.11 Å². The highest BCUT2D eigenvalue weighted by Crippen LogP contribution is 2.27. The number of aliphatic hydroxyl groups is 1. The first-order valence-electron chi connectivity index (χ1n) is 6.57. The van der Waals surface area contributed by atoms with Crippen LogP contribution in [0.5, 0.6) is 5.75 Å². The summed E-state index contributed by atoms with van der Waals surface area (Å²) in [6.07, 6.45) is 0.360. The van der Waals surface area contributed by atoms with Crippen LogP contribution in [0.4, 0.5) is 0 Å². The average Bonchev–Trinajstić information content (AvgIpc) is 2.47. The molecule has 0 saturated heterocycles. The number of aliphatic hydroxyl groups excluding tert-OH is 1. The van der Waals surface area contributed by atoms with Gasteiger partial charge in [-0.1, -0.05) is 43.3 Å². The minimum Gasteiger partial charge on any atom is -0.496 e. The van der Waals surface area contributed by atoms with E-state index in [0.29, 0.717) is 0 Å². The van der Waals surface area contributed by atoms with E-state index in [0.717, 1.165) is 28.9 Å². The summed E-state index contributed by atoms with van der Waals surface area (Å²) < 4.78 is 5.31. The second-order valence-corrected chi connectivity index (χ2v) is 4.73. The zero-order valence-corrected chi connectivity index (χ0v) is 11.7. The van der Waals surface area contributed by atoms with Crippen molar-refractivity contribution in [1.82, 2.24) is 0 Å². The fraction of sp³-hybridized carbons (Fsp3) is 0.294. The maximum Gasteiger partial charge on any atom is 0.122 e. The molecule has 2 rings (SSSR count). The summed E-state index contributed by atoms with van der Waals surface area (Å²) in [5.74, 6) is 0.809. The molecule has 2 heteroatoms. The molecule has 1 atom stereocenters. The van der Waals surface area contributed by atoms with Gasteiger partial charge in [-0.3, -0.25) is 0 Å². The number of methoxy groups -OCH3 is 1. The summed E-state index contributed by atoms with van der Waals surface area (Å²) >= 11 is 0. The zero-order chi connectivity index (χ0) is 13.8. The van der Waals surface area contributed by atoms with E-state index in [9.17, 15) is 5.11 Å². The second-order valence-electron chi connectivity index (χ2n) is 4.73. The van der Waals surface area contributed by atoms with Crippen LogP contribution in [0.1, 0.15) is 35.3 Å². The van der Waals surface area contributed by atoms with Crippen molar-refractivity contribution in [2.24, 2.45) is 0 Å². The van der Waals surface area contributed by atoms with Gasteiger partial charge in [0.1, 0.15) is 11.9 Å². The molecule has 0 bridgehead atoms. The number of benzene rings is 2. The fourth-order valence-corrected chi connectivity index (χ4v) is 2.18. The second kappa shape index (κ2) is 5.89. The summed E-state index contributed by atoms with van der Waals surface area (Å²) in [7, 11) is 1.65. The Labute approximate surface area is 114 Å². The molecular formula is C17H20O2. The fourth-order valence-electron chi connectivity index (χ4n) is 2.18. The van der Waals surface area contributed by atoms with E-state index in [-0.39, 0.29) is 0 Å². The molecule has 0 aliphatic heterocycles. The Balaban J connectivity index is 2.35. The third-order valence-corrected chi connectivity index (χ3v) is 3.42. The van der Waals surface area contributed by atoms with Gasteiger partial charge in [-0.15, -0.1) is 0 Å². The molecule has 0 radical (unpaired) electrons. The maximum absolute atomic E-state index is 10.5. The lowest BCUT2D eigenvalue weighted by Gasteiger charge is -2.14. The molecule has 0 spiro atoms. The molecule has 1 unspecified atom stereocenters. The van der Waals surface area contributed by atoms with Crippen molar-refractivity contribution in [3.05, 3.63) is 64.7 Å². The Kier molecular flexibility index (Phi) is 4.23. The highest BCUT2D eigenvalue weighted by Gasteiger charge is 2.12. The van der Waals surface area contributed by atoms with Gasteiger partial charge in [-0.05, 0) is 41.7 Å². The van der Waals surface area contributed by atoms with Gasteiger partial charge in [-0.25, -0.2) is 0 Å². The molecule has 2 nitrogen and oxygen atoms in total. The topological polar surface area (TPSA) is 29.5 Å². The van der Waals surface area contributed by atoms with Gasteiger partial charge < -0.3 is 9.84 Å². The van der Waals surface area contributed by atoms with Gasteiger partial charge in [0.05, 0.1) is 7.11 Å². The van der Waals surface area contributed by atoms with Gasteiger partial charge in [-0.2, -0.15) is 0 Å². The van der Waals surface area contributed by atoms with E-state index in [1.54, 1.807) is 7.11 Å². The van der Waals surface area contributed by atoms with Crippen molar-refractivity contribution in [1.29, 1.82) is 0 Å². The van der Waals surface area contributed by atoms with Crippen LogP contribution >= 0.6 is 0 Å². The largest absolute Gasteiger partial charge is 0.496 e. The lowest BCUT2D eigenvalue weighted by Crippen LogP contribution is -2.01. The lowest BCUT2D eigenvalue weighted by molar-refractivity contribution is 0.219. The molecule has 0 fully saturated rings. The third kappa shape index (κ3) is 2.96. The molecule has 100 valence electrons. The van der Waals surface area contributed by atoms with Gasteiger partial charge in [0.15, 0.2) is 0 Å². The SMILES string of the molecule is CCc1cccc(C(O)c2ccc(C)c(OC)c2)c1. The number of aryl methyl sites for hydroxylation is 2. The summed E-state index contributed by atoms with van der Waals surface area (Å²) in [4.78, 5) is 0. The quantitative estimate of drug-likeness (QED) is 0.904. The Morgan fingerprint density at radius 3 is 2.53 bits per heavy atom. The van der Waals surface area contributed by atoms with Crippen molar-refractivity contribution < 1.29 is 9.84 Å². The van der Waals surface area contributed by atoms with E-state index < -0.39 is 6.10 Å². The molecule has 2 aromatic rings. The zero-order valence-electron chi connectivity index (χ0n) is 11.7. The molecule has 1 N–H and O–H groups in total. The summed E-state index contributed by atoms with van der Waals surface area (Å²) in [5.41, 5.74) is 4.08. The van der Waals surface area contributed by atoms with Crippen LogP contribution in [0.15, 0.2) is 42.5 Å². The summed E-state index contributed by atoms with van der Waals surface area (Å²) in [5, 5.41) is 10.5. The maximum atomic E-state index is 10.5. The van der Waals surface area contributed by atoms with Crippen LogP contribution in [-0.2, 0) is 6.42 Å². The van der Waals surface area contributed by atoms with Gasteiger partial charge in [0.25, 0.3) is 0 Å². The van der Waals surface area contributed by atoms with Crippen LogP contribution in [0.3, 0.4) is 0 Å². The van der Waals surface area contributed by atoms with Gasteiger partial charge >= 0.3 is 0 Å². The first-order valence-corrected chi connectivity index (χ1v) is 6.57. The van der Waals surface area contributed by atoms with E-state index in [2.05, 4.69) is 19.1 Å². The molecule has 0 amide bonds. The Morgan fingerprint density at radius 1 is 1.11 bits per heavy atom. The molecule has 0 saturated carbocycles. The van der Waals surface area contributed by atoms with Crippen molar-refractivity contribution in [2.45, 2.75) is 26.4 Å². The number of hydrogen-bond donors (Lipinski definition) is 1. The molecule has 0 aromatic heterocycles. The third-order valence-electron chi connectivity index (χ3n) is 3.42. The molecule has 0 aliphatic carbocycles. The monoisotopic (exact) mass is 256 g/mol. The van der Waals surface area contributed by atoms with E-state index >= 15 is 0 Å². The predicted octanol–water partition coefficient (Wildman–Crippen LogP) is 3.65. The van der Waals surface area contributed by atoms with Crippen LogP contribution < -0.4 is 4.74 Å². The van der Waals surface area contributed by atoms with E-state index in [4.69, 9.17) is 4.74 Å². The molecule has 2 aromatic carbocycles. The Bertz CT molecular complexity index is 561. The molecule has 0 aliphatic rings. The minimum atomic E-state index is -0.610. The van der Waals surface area contributed by atoms with Crippen molar-refractivity contribution in [3.8, 4) is 5.75 Å². The molecule has 0 heterocycles. The Morgan fingerprint density at radius 2 is 1.84 bits per heavy atom. The lowest BCUT2D eigenvalue weighted by atomic mass is 9.98. The summed E-state index contributed by atoms with van der Waals surface area (Å²) in [6, 6.07) is 13.9. The minimum absolute atomic E-state index is 0.610. The van der Waals surface area contributed by atoms with E-state index in [1.165, 1.54) is 5.56 Å².